The molecule has 8 nitrogen and oxygen atoms in total. The highest BCUT2D eigenvalue weighted by atomic mass is 32.1. The first-order valence-corrected chi connectivity index (χ1v) is 10.9. The van der Waals surface area contributed by atoms with Gasteiger partial charge in [-0.3, -0.25) is 4.79 Å². The summed E-state index contributed by atoms with van der Waals surface area (Å²) < 4.78 is 20.7. The largest absolute Gasteiger partial charge is 0.378 e. The Morgan fingerprint density at radius 1 is 1.12 bits per heavy atom. The molecule has 0 spiro atoms. The van der Waals surface area contributed by atoms with Crippen molar-refractivity contribution < 1.29 is 13.9 Å². The van der Waals surface area contributed by atoms with E-state index in [1.807, 2.05) is 17.5 Å². The van der Waals surface area contributed by atoms with E-state index in [4.69, 9.17) is 4.74 Å². The number of ether oxygens (including phenoxy) is 1. The van der Waals surface area contributed by atoms with Crippen LogP contribution in [0.2, 0.25) is 0 Å². The average Bonchev–Trinajstić information content (AvgIpc) is 3.50. The number of morpholine rings is 1. The number of carbonyl (C=O) groups is 1. The van der Waals surface area contributed by atoms with E-state index in [0.29, 0.717) is 49.3 Å². The van der Waals surface area contributed by atoms with E-state index in [1.165, 1.54) is 28.2 Å². The molecule has 4 aromatic rings. The Balaban J connectivity index is 1.48. The average molecular weight is 450 g/mol. The topological polar surface area (TPSA) is 85.2 Å². The van der Waals surface area contributed by atoms with Gasteiger partial charge in [-0.25, -0.2) is 19.0 Å². The van der Waals surface area contributed by atoms with E-state index < -0.39 is 11.7 Å². The second-order valence-corrected chi connectivity index (χ2v) is 8.00. The van der Waals surface area contributed by atoms with Gasteiger partial charge in [0.15, 0.2) is 11.6 Å². The lowest BCUT2D eigenvalue weighted by Crippen LogP contribution is -2.37. The molecule has 1 aliphatic heterocycles. The maximum atomic E-state index is 13.8. The molecule has 1 fully saturated rings. The molecular formula is C22H19FN6O2S. The summed E-state index contributed by atoms with van der Waals surface area (Å²) in [7, 11) is 0. The van der Waals surface area contributed by atoms with Gasteiger partial charge in [0, 0.05) is 19.3 Å². The van der Waals surface area contributed by atoms with E-state index >= 15 is 0 Å². The first-order chi connectivity index (χ1) is 15.7. The van der Waals surface area contributed by atoms with Crippen molar-refractivity contribution in [2.24, 2.45) is 0 Å². The van der Waals surface area contributed by atoms with Crippen LogP contribution in [0.3, 0.4) is 0 Å². The second-order valence-electron chi connectivity index (χ2n) is 7.06. The van der Waals surface area contributed by atoms with Crippen LogP contribution in [0.1, 0.15) is 10.6 Å². The summed E-state index contributed by atoms with van der Waals surface area (Å²) in [6.45, 7) is 2.59. The number of carbonyl (C=O) groups excluding carboxylic acids is 1. The van der Waals surface area contributed by atoms with Crippen LogP contribution in [0.25, 0.3) is 16.4 Å². The Hall–Kier alpha value is -3.63. The smallest absolute Gasteiger partial charge is 0.295 e. The molecule has 0 aliphatic carbocycles. The Morgan fingerprint density at radius 2 is 2.00 bits per heavy atom. The summed E-state index contributed by atoms with van der Waals surface area (Å²) >= 11 is 1.46. The number of thiophene rings is 1. The molecule has 0 radical (unpaired) electrons. The number of anilines is 2. The van der Waals surface area contributed by atoms with Gasteiger partial charge in [-0.2, -0.15) is 0 Å². The number of benzene rings is 1. The summed E-state index contributed by atoms with van der Waals surface area (Å²) in [6, 6.07) is 13.3. The van der Waals surface area contributed by atoms with Crippen LogP contribution in [-0.2, 0) is 4.74 Å². The molecule has 0 bridgehead atoms. The van der Waals surface area contributed by atoms with Gasteiger partial charge in [0.1, 0.15) is 5.82 Å². The molecule has 0 atom stereocenters. The summed E-state index contributed by atoms with van der Waals surface area (Å²) in [6.07, 6.45) is 1.69. The molecule has 1 aromatic carbocycles. The van der Waals surface area contributed by atoms with E-state index in [1.54, 1.807) is 30.5 Å². The molecule has 1 saturated heterocycles. The van der Waals surface area contributed by atoms with Crippen LogP contribution in [0.5, 0.6) is 0 Å². The molecule has 1 aliphatic rings. The molecule has 1 N–H and O–H groups in total. The minimum absolute atomic E-state index is 0.0190. The predicted octanol–water partition coefficient (Wildman–Crippen LogP) is 3.62. The number of nitrogens with zero attached hydrogens (tertiary/aromatic N) is 5. The fourth-order valence-corrected chi connectivity index (χ4v) is 4.16. The fraction of sp³-hybridized carbons (Fsp3) is 0.182. The van der Waals surface area contributed by atoms with Gasteiger partial charge >= 0.3 is 0 Å². The number of hydrogen-bond donors (Lipinski definition) is 1. The highest BCUT2D eigenvalue weighted by Gasteiger charge is 2.22. The zero-order valence-corrected chi connectivity index (χ0v) is 17.8. The zero-order chi connectivity index (χ0) is 21.9. The Morgan fingerprint density at radius 3 is 2.78 bits per heavy atom. The van der Waals surface area contributed by atoms with Crippen molar-refractivity contribution in [2.45, 2.75) is 0 Å². The lowest BCUT2D eigenvalue weighted by molar-refractivity contribution is 0.101. The van der Waals surface area contributed by atoms with Crippen molar-refractivity contribution in [1.29, 1.82) is 0 Å². The van der Waals surface area contributed by atoms with E-state index in [9.17, 15) is 9.18 Å². The van der Waals surface area contributed by atoms with Crippen LogP contribution in [0, 0.1) is 5.82 Å². The molecule has 32 heavy (non-hydrogen) atoms. The molecule has 3 aromatic heterocycles. The second kappa shape index (κ2) is 8.85. The number of hydrogen-bond acceptors (Lipinski definition) is 7. The van der Waals surface area contributed by atoms with Crippen molar-refractivity contribution in [2.75, 3.05) is 36.5 Å². The third-order valence-electron chi connectivity index (χ3n) is 4.95. The monoisotopic (exact) mass is 450 g/mol. The van der Waals surface area contributed by atoms with Crippen LogP contribution in [-0.4, -0.2) is 52.0 Å². The molecule has 5 rings (SSSR count). The summed E-state index contributed by atoms with van der Waals surface area (Å²) in [5, 5.41) is 9.18. The predicted molar refractivity (Wildman–Crippen MR) is 120 cm³/mol. The van der Waals surface area contributed by atoms with Crippen molar-refractivity contribution >= 4 is 28.7 Å². The number of halogens is 1. The third kappa shape index (κ3) is 4.10. The van der Waals surface area contributed by atoms with Gasteiger partial charge in [0.25, 0.3) is 5.91 Å². The minimum Gasteiger partial charge on any atom is -0.378 e. The fourth-order valence-electron chi connectivity index (χ4n) is 3.46. The Bertz CT molecular complexity index is 1240. The molecule has 162 valence electrons. The van der Waals surface area contributed by atoms with Crippen LogP contribution < -0.4 is 10.2 Å². The quantitative estimate of drug-likeness (QED) is 0.500. The van der Waals surface area contributed by atoms with Gasteiger partial charge < -0.3 is 15.0 Å². The molecule has 1 amide bonds. The maximum absolute atomic E-state index is 13.8. The number of aromatic nitrogens is 4. The highest BCUT2D eigenvalue weighted by Crippen LogP contribution is 2.27. The normalized spacial score (nSPS) is 13.8. The van der Waals surface area contributed by atoms with Crippen LogP contribution >= 0.6 is 11.3 Å². The highest BCUT2D eigenvalue weighted by molar-refractivity contribution is 7.13. The first kappa shape index (κ1) is 20.3. The van der Waals surface area contributed by atoms with Crippen LogP contribution in [0.4, 0.5) is 15.9 Å². The molecule has 0 saturated carbocycles. The number of rotatable bonds is 5. The Labute approximate surface area is 187 Å². The molecule has 0 unspecified atom stereocenters. The Kier molecular flexibility index (Phi) is 5.61. The lowest BCUT2D eigenvalue weighted by Gasteiger charge is -2.29. The molecular weight excluding hydrogens is 431 g/mol. The van der Waals surface area contributed by atoms with Gasteiger partial charge in [0.2, 0.25) is 5.82 Å². The summed E-state index contributed by atoms with van der Waals surface area (Å²) in [4.78, 5) is 24.9. The van der Waals surface area contributed by atoms with Crippen molar-refractivity contribution in [3.05, 3.63) is 71.7 Å². The lowest BCUT2D eigenvalue weighted by atomic mass is 10.3. The van der Waals surface area contributed by atoms with Gasteiger partial charge in [-0.05, 0) is 41.8 Å². The summed E-state index contributed by atoms with van der Waals surface area (Å²) in [5.74, 6) is 0.254. The number of pyridine rings is 1. The first-order valence-electron chi connectivity index (χ1n) is 10.0. The maximum Gasteiger partial charge on any atom is 0.295 e. The van der Waals surface area contributed by atoms with Crippen molar-refractivity contribution in [1.82, 2.24) is 19.7 Å². The molecule has 4 heterocycles. The van der Waals surface area contributed by atoms with Crippen molar-refractivity contribution in [3.8, 4) is 16.4 Å². The van der Waals surface area contributed by atoms with Crippen molar-refractivity contribution in [3.63, 3.8) is 0 Å². The minimum atomic E-state index is -0.472. The van der Waals surface area contributed by atoms with Gasteiger partial charge in [0.05, 0.1) is 29.5 Å². The van der Waals surface area contributed by atoms with Gasteiger partial charge in [-0.15, -0.1) is 16.4 Å². The number of amides is 1. The van der Waals surface area contributed by atoms with Crippen LogP contribution in [0.15, 0.2) is 60.1 Å². The number of nitrogens with one attached hydrogen (secondary N) is 1. The third-order valence-corrected chi connectivity index (χ3v) is 5.82. The van der Waals surface area contributed by atoms with E-state index in [2.05, 4.69) is 25.3 Å². The van der Waals surface area contributed by atoms with E-state index in [-0.39, 0.29) is 5.82 Å². The standard InChI is InChI=1S/C22H19FN6O2S/c23-15-4-1-5-16(14-15)29-21(18-7-3-13-32-18)26-19(27-29)22(30)25-17-6-2-8-24-20(17)28-9-11-31-12-10-28/h1-8,13-14H,9-12H2,(H,25,30). The zero-order valence-electron chi connectivity index (χ0n) is 16.9. The van der Waals surface area contributed by atoms with E-state index in [0.717, 1.165) is 4.88 Å². The van der Waals surface area contributed by atoms with Gasteiger partial charge in [-0.1, -0.05) is 12.1 Å². The SMILES string of the molecule is O=C(Nc1cccnc1N1CCOCC1)c1nc(-c2cccs2)n(-c2cccc(F)c2)n1. The summed E-state index contributed by atoms with van der Waals surface area (Å²) in [5.41, 5.74) is 1.05. The molecule has 10 heteroatoms.